The van der Waals surface area contributed by atoms with E-state index >= 15 is 0 Å². The number of methoxy groups -OCH3 is 1. The summed E-state index contributed by atoms with van der Waals surface area (Å²) in [4.78, 5) is 11.2. The van der Waals surface area contributed by atoms with Crippen molar-refractivity contribution in [2.75, 3.05) is 7.11 Å². The van der Waals surface area contributed by atoms with Gasteiger partial charge in [-0.25, -0.2) is 0 Å². The molecule has 2 heteroatoms. The summed E-state index contributed by atoms with van der Waals surface area (Å²) in [7, 11) is 1.49. The van der Waals surface area contributed by atoms with Gasteiger partial charge in [0.05, 0.1) is 7.11 Å². The smallest absolute Gasteiger partial charge is 0.305 e. The second-order valence-electron chi connectivity index (χ2n) is 6.92. The fraction of sp³-hybridized carbons (Fsp3) is 0.941. The Morgan fingerprint density at radius 2 is 1.47 bits per heavy atom. The standard InChI is InChI=1S/C17H30O2/c1-13-3-8-15(9-4-13)16-10-5-14(6-11-16)7-12-17(18)19-2/h13-16H,3-12H2,1-2H3. The molecule has 0 aromatic carbocycles. The maximum atomic E-state index is 11.2. The lowest BCUT2D eigenvalue weighted by molar-refractivity contribution is -0.141. The minimum Gasteiger partial charge on any atom is -0.469 e. The maximum absolute atomic E-state index is 11.2. The number of hydrogen-bond donors (Lipinski definition) is 0. The van der Waals surface area contributed by atoms with Gasteiger partial charge in [0.15, 0.2) is 0 Å². The molecule has 0 aliphatic heterocycles. The normalized spacial score (nSPS) is 35.9. The molecule has 2 fully saturated rings. The van der Waals surface area contributed by atoms with E-state index in [0.717, 1.165) is 30.1 Å². The van der Waals surface area contributed by atoms with Crippen LogP contribution in [0.5, 0.6) is 0 Å². The SMILES string of the molecule is COC(=O)CCC1CCC(C2CCC(C)CC2)CC1. The molecule has 0 atom stereocenters. The van der Waals surface area contributed by atoms with Crippen LogP contribution in [0.25, 0.3) is 0 Å². The van der Waals surface area contributed by atoms with Crippen LogP contribution in [0.15, 0.2) is 0 Å². The van der Waals surface area contributed by atoms with E-state index in [2.05, 4.69) is 6.92 Å². The van der Waals surface area contributed by atoms with Gasteiger partial charge in [-0.05, 0) is 55.8 Å². The molecule has 0 aromatic rings. The van der Waals surface area contributed by atoms with Crippen molar-refractivity contribution in [3.8, 4) is 0 Å². The molecule has 0 N–H and O–H groups in total. The zero-order valence-electron chi connectivity index (χ0n) is 12.7. The van der Waals surface area contributed by atoms with Gasteiger partial charge in [-0.15, -0.1) is 0 Å². The minimum absolute atomic E-state index is 0.0385. The van der Waals surface area contributed by atoms with Crippen LogP contribution in [0, 0.1) is 23.7 Å². The Morgan fingerprint density at radius 1 is 0.947 bits per heavy atom. The Labute approximate surface area is 118 Å². The van der Waals surface area contributed by atoms with Crippen molar-refractivity contribution < 1.29 is 9.53 Å². The molecule has 0 amide bonds. The maximum Gasteiger partial charge on any atom is 0.305 e. The van der Waals surface area contributed by atoms with Gasteiger partial charge >= 0.3 is 5.97 Å². The fourth-order valence-electron chi connectivity index (χ4n) is 4.13. The molecule has 0 saturated heterocycles. The van der Waals surface area contributed by atoms with Gasteiger partial charge in [0.2, 0.25) is 0 Å². The van der Waals surface area contributed by atoms with Crippen LogP contribution < -0.4 is 0 Å². The van der Waals surface area contributed by atoms with Crippen LogP contribution in [0.2, 0.25) is 0 Å². The second kappa shape index (κ2) is 7.31. The first-order chi connectivity index (χ1) is 9.19. The second-order valence-corrected chi connectivity index (χ2v) is 6.92. The average molecular weight is 266 g/mol. The third-order valence-electron chi connectivity index (χ3n) is 5.60. The lowest BCUT2D eigenvalue weighted by Crippen LogP contribution is -2.25. The van der Waals surface area contributed by atoms with Crippen molar-refractivity contribution >= 4 is 5.97 Å². The first-order valence-electron chi connectivity index (χ1n) is 8.25. The highest BCUT2D eigenvalue weighted by Gasteiger charge is 2.29. The summed E-state index contributed by atoms with van der Waals surface area (Å²) < 4.78 is 4.73. The van der Waals surface area contributed by atoms with Crippen LogP contribution in [0.3, 0.4) is 0 Å². The first-order valence-corrected chi connectivity index (χ1v) is 8.25. The Balaban J connectivity index is 1.66. The van der Waals surface area contributed by atoms with E-state index in [0.29, 0.717) is 6.42 Å². The molecule has 2 aliphatic rings. The third-order valence-corrected chi connectivity index (χ3v) is 5.60. The van der Waals surface area contributed by atoms with E-state index in [-0.39, 0.29) is 5.97 Å². The largest absolute Gasteiger partial charge is 0.469 e. The van der Waals surface area contributed by atoms with Crippen LogP contribution in [-0.2, 0) is 9.53 Å². The summed E-state index contributed by atoms with van der Waals surface area (Å²) in [6.07, 6.45) is 13.0. The van der Waals surface area contributed by atoms with Gasteiger partial charge in [0.25, 0.3) is 0 Å². The number of esters is 1. The lowest BCUT2D eigenvalue weighted by Gasteiger charge is -2.37. The van der Waals surface area contributed by atoms with Gasteiger partial charge in [-0.1, -0.05) is 32.6 Å². The fourth-order valence-corrected chi connectivity index (χ4v) is 4.13. The molecule has 0 bridgehead atoms. The number of rotatable bonds is 4. The highest BCUT2D eigenvalue weighted by atomic mass is 16.5. The Morgan fingerprint density at radius 3 is 2.00 bits per heavy atom. The van der Waals surface area contributed by atoms with E-state index in [1.807, 2.05) is 0 Å². The molecule has 2 rings (SSSR count). The number of carbonyl (C=O) groups is 1. The molecule has 110 valence electrons. The molecule has 2 aliphatic carbocycles. The van der Waals surface area contributed by atoms with Crippen molar-refractivity contribution in [3.63, 3.8) is 0 Å². The van der Waals surface area contributed by atoms with Gasteiger partial charge in [-0.3, -0.25) is 4.79 Å². The van der Waals surface area contributed by atoms with Gasteiger partial charge in [0.1, 0.15) is 0 Å². The third kappa shape index (κ3) is 4.50. The molecule has 0 radical (unpaired) electrons. The first kappa shape index (κ1) is 14.9. The van der Waals surface area contributed by atoms with Crippen LogP contribution in [0.1, 0.15) is 71.1 Å². The zero-order valence-corrected chi connectivity index (χ0v) is 12.7. The van der Waals surface area contributed by atoms with Gasteiger partial charge in [-0.2, -0.15) is 0 Å². The van der Waals surface area contributed by atoms with Crippen molar-refractivity contribution in [3.05, 3.63) is 0 Å². The van der Waals surface area contributed by atoms with Crippen LogP contribution in [-0.4, -0.2) is 13.1 Å². The molecular weight excluding hydrogens is 236 g/mol. The quantitative estimate of drug-likeness (QED) is 0.697. The molecule has 0 aromatic heterocycles. The molecule has 0 spiro atoms. The van der Waals surface area contributed by atoms with E-state index in [4.69, 9.17) is 4.74 Å². The number of carbonyl (C=O) groups excluding carboxylic acids is 1. The molecule has 0 heterocycles. The molecule has 19 heavy (non-hydrogen) atoms. The summed E-state index contributed by atoms with van der Waals surface area (Å²) in [5.74, 6) is 3.70. The highest BCUT2D eigenvalue weighted by molar-refractivity contribution is 5.69. The summed E-state index contributed by atoms with van der Waals surface area (Å²) in [5.41, 5.74) is 0. The summed E-state index contributed by atoms with van der Waals surface area (Å²) in [6.45, 7) is 2.40. The predicted molar refractivity (Wildman–Crippen MR) is 77.8 cm³/mol. The predicted octanol–water partition coefficient (Wildman–Crippen LogP) is 4.57. The average Bonchev–Trinajstić information content (AvgIpc) is 2.46. The van der Waals surface area contributed by atoms with E-state index < -0.39 is 0 Å². The van der Waals surface area contributed by atoms with E-state index in [1.54, 1.807) is 0 Å². The molecule has 2 nitrogen and oxygen atoms in total. The lowest BCUT2D eigenvalue weighted by atomic mass is 9.69. The van der Waals surface area contributed by atoms with Crippen molar-refractivity contribution in [2.45, 2.75) is 71.1 Å². The molecular formula is C17H30O2. The minimum atomic E-state index is -0.0385. The van der Waals surface area contributed by atoms with Crippen LogP contribution >= 0.6 is 0 Å². The molecule has 2 saturated carbocycles. The van der Waals surface area contributed by atoms with Crippen LogP contribution in [0.4, 0.5) is 0 Å². The van der Waals surface area contributed by atoms with E-state index in [1.165, 1.54) is 58.5 Å². The van der Waals surface area contributed by atoms with Crippen molar-refractivity contribution in [1.29, 1.82) is 0 Å². The van der Waals surface area contributed by atoms with Crippen molar-refractivity contribution in [2.24, 2.45) is 23.7 Å². The summed E-state index contributed by atoms with van der Waals surface area (Å²) in [6, 6.07) is 0. The Hall–Kier alpha value is -0.530. The highest BCUT2D eigenvalue weighted by Crippen LogP contribution is 2.42. The zero-order chi connectivity index (χ0) is 13.7. The molecule has 0 unspecified atom stereocenters. The Kier molecular flexibility index (Phi) is 5.72. The topological polar surface area (TPSA) is 26.3 Å². The Bertz CT molecular complexity index is 271. The van der Waals surface area contributed by atoms with Gasteiger partial charge in [0, 0.05) is 6.42 Å². The van der Waals surface area contributed by atoms with Gasteiger partial charge < -0.3 is 4.74 Å². The monoisotopic (exact) mass is 266 g/mol. The number of ether oxygens (including phenoxy) is 1. The summed E-state index contributed by atoms with van der Waals surface area (Å²) in [5, 5.41) is 0. The number of hydrogen-bond acceptors (Lipinski definition) is 2. The summed E-state index contributed by atoms with van der Waals surface area (Å²) >= 11 is 0. The van der Waals surface area contributed by atoms with E-state index in [9.17, 15) is 4.79 Å². The van der Waals surface area contributed by atoms with Crippen molar-refractivity contribution in [1.82, 2.24) is 0 Å².